The number of primary amides is 1. The maximum atomic E-state index is 11.2. The Labute approximate surface area is 103 Å². The first kappa shape index (κ1) is 13.7. The first-order valence-electron chi connectivity index (χ1n) is 6.16. The van der Waals surface area contributed by atoms with Crippen molar-refractivity contribution >= 4 is 5.91 Å². The number of rotatable bonds is 7. The SMILES string of the molecule is CC(C)C[C@H](NCCc1ccccc1)C(N)=O. The maximum Gasteiger partial charge on any atom is 0.234 e. The van der Waals surface area contributed by atoms with E-state index in [4.69, 9.17) is 5.73 Å². The third kappa shape index (κ3) is 5.50. The average molecular weight is 234 g/mol. The second-order valence-corrected chi connectivity index (χ2v) is 4.77. The van der Waals surface area contributed by atoms with Crippen molar-refractivity contribution < 1.29 is 4.79 Å². The lowest BCUT2D eigenvalue weighted by atomic mass is 10.0. The van der Waals surface area contributed by atoms with Gasteiger partial charge in [-0.15, -0.1) is 0 Å². The Morgan fingerprint density at radius 1 is 1.29 bits per heavy atom. The van der Waals surface area contributed by atoms with Gasteiger partial charge in [0.25, 0.3) is 0 Å². The zero-order valence-electron chi connectivity index (χ0n) is 10.6. The molecule has 17 heavy (non-hydrogen) atoms. The van der Waals surface area contributed by atoms with E-state index in [1.165, 1.54) is 5.56 Å². The summed E-state index contributed by atoms with van der Waals surface area (Å²) < 4.78 is 0. The van der Waals surface area contributed by atoms with Crippen LogP contribution in [0.25, 0.3) is 0 Å². The van der Waals surface area contributed by atoms with E-state index in [-0.39, 0.29) is 11.9 Å². The third-order valence-corrected chi connectivity index (χ3v) is 2.70. The molecule has 1 aromatic rings. The van der Waals surface area contributed by atoms with Crippen LogP contribution in [0.4, 0.5) is 0 Å². The van der Waals surface area contributed by atoms with Crippen LogP contribution in [-0.4, -0.2) is 18.5 Å². The van der Waals surface area contributed by atoms with Crippen molar-refractivity contribution in [3.05, 3.63) is 35.9 Å². The molecule has 0 heterocycles. The number of amides is 1. The van der Waals surface area contributed by atoms with Crippen molar-refractivity contribution in [1.82, 2.24) is 5.32 Å². The predicted octanol–water partition coefficient (Wildman–Crippen LogP) is 1.72. The lowest BCUT2D eigenvalue weighted by molar-refractivity contribution is -0.120. The Kier molecular flexibility index (Phi) is 5.70. The number of nitrogens with one attached hydrogen (secondary N) is 1. The van der Waals surface area contributed by atoms with Crippen LogP contribution in [0.5, 0.6) is 0 Å². The van der Waals surface area contributed by atoms with Gasteiger partial charge in [0, 0.05) is 0 Å². The smallest absolute Gasteiger partial charge is 0.234 e. The molecule has 0 radical (unpaired) electrons. The molecular weight excluding hydrogens is 212 g/mol. The highest BCUT2D eigenvalue weighted by Crippen LogP contribution is 2.05. The van der Waals surface area contributed by atoms with Crippen LogP contribution in [0.2, 0.25) is 0 Å². The number of carbonyl (C=O) groups is 1. The Morgan fingerprint density at radius 3 is 2.47 bits per heavy atom. The normalized spacial score (nSPS) is 12.6. The number of nitrogens with two attached hydrogens (primary N) is 1. The van der Waals surface area contributed by atoms with Gasteiger partial charge in [0.05, 0.1) is 6.04 Å². The molecule has 0 saturated carbocycles. The van der Waals surface area contributed by atoms with E-state index in [1.54, 1.807) is 0 Å². The quantitative estimate of drug-likeness (QED) is 0.754. The lowest BCUT2D eigenvalue weighted by Crippen LogP contribution is -2.42. The van der Waals surface area contributed by atoms with Crippen molar-refractivity contribution in [2.24, 2.45) is 11.7 Å². The summed E-state index contributed by atoms with van der Waals surface area (Å²) in [6, 6.07) is 10.0. The van der Waals surface area contributed by atoms with Crippen LogP contribution in [0.15, 0.2) is 30.3 Å². The van der Waals surface area contributed by atoms with Gasteiger partial charge < -0.3 is 11.1 Å². The van der Waals surface area contributed by atoms with Gasteiger partial charge in [-0.05, 0) is 30.9 Å². The lowest BCUT2D eigenvalue weighted by Gasteiger charge is -2.17. The maximum absolute atomic E-state index is 11.2. The summed E-state index contributed by atoms with van der Waals surface area (Å²) >= 11 is 0. The average Bonchev–Trinajstić information content (AvgIpc) is 2.28. The van der Waals surface area contributed by atoms with Gasteiger partial charge in [0.15, 0.2) is 0 Å². The zero-order valence-corrected chi connectivity index (χ0v) is 10.6. The van der Waals surface area contributed by atoms with Gasteiger partial charge in [0.1, 0.15) is 0 Å². The molecule has 3 heteroatoms. The predicted molar refractivity (Wildman–Crippen MR) is 70.6 cm³/mol. The molecule has 0 saturated heterocycles. The standard InChI is InChI=1S/C14H22N2O/c1-11(2)10-13(14(15)17)16-9-8-12-6-4-3-5-7-12/h3-7,11,13,16H,8-10H2,1-2H3,(H2,15,17)/t13-/m0/s1. The second kappa shape index (κ2) is 7.07. The first-order valence-corrected chi connectivity index (χ1v) is 6.16. The number of hydrogen-bond acceptors (Lipinski definition) is 2. The Morgan fingerprint density at radius 2 is 1.94 bits per heavy atom. The summed E-state index contributed by atoms with van der Waals surface area (Å²) in [6.45, 7) is 4.97. The Hall–Kier alpha value is -1.35. The number of benzene rings is 1. The van der Waals surface area contributed by atoms with E-state index >= 15 is 0 Å². The second-order valence-electron chi connectivity index (χ2n) is 4.77. The van der Waals surface area contributed by atoms with Crippen LogP contribution >= 0.6 is 0 Å². The molecule has 1 rings (SSSR count). The minimum absolute atomic E-state index is 0.210. The van der Waals surface area contributed by atoms with Gasteiger partial charge in [0.2, 0.25) is 5.91 Å². The summed E-state index contributed by atoms with van der Waals surface area (Å²) in [4.78, 5) is 11.2. The van der Waals surface area contributed by atoms with Crippen molar-refractivity contribution in [2.45, 2.75) is 32.7 Å². The van der Waals surface area contributed by atoms with Crippen molar-refractivity contribution in [3.8, 4) is 0 Å². The topological polar surface area (TPSA) is 55.1 Å². The highest BCUT2D eigenvalue weighted by Gasteiger charge is 2.15. The van der Waals surface area contributed by atoms with Crippen LogP contribution < -0.4 is 11.1 Å². The molecule has 0 spiro atoms. The Balaban J connectivity index is 2.35. The fraction of sp³-hybridized carbons (Fsp3) is 0.500. The van der Waals surface area contributed by atoms with Crippen molar-refractivity contribution in [3.63, 3.8) is 0 Å². The summed E-state index contributed by atoms with van der Waals surface area (Å²) in [6.07, 6.45) is 1.72. The number of hydrogen-bond donors (Lipinski definition) is 2. The molecule has 94 valence electrons. The fourth-order valence-electron chi connectivity index (χ4n) is 1.81. The molecule has 0 unspecified atom stereocenters. The van der Waals surface area contributed by atoms with Crippen molar-refractivity contribution in [1.29, 1.82) is 0 Å². The summed E-state index contributed by atoms with van der Waals surface area (Å²) in [5.41, 5.74) is 6.63. The van der Waals surface area contributed by atoms with E-state index in [0.29, 0.717) is 5.92 Å². The number of carbonyl (C=O) groups excluding carboxylic acids is 1. The van der Waals surface area contributed by atoms with Crippen LogP contribution in [0.1, 0.15) is 25.8 Å². The molecule has 0 aliphatic rings. The van der Waals surface area contributed by atoms with Crippen LogP contribution in [0.3, 0.4) is 0 Å². The van der Waals surface area contributed by atoms with E-state index in [2.05, 4.69) is 31.3 Å². The molecular formula is C14H22N2O. The molecule has 1 atom stereocenters. The van der Waals surface area contributed by atoms with Gasteiger partial charge in [-0.25, -0.2) is 0 Å². The largest absolute Gasteiger partial charge is 0.368 e. The minimum atomic E-state index is -0.258. The van der Waals surface area contributed by atoms with Crippen molar-refractivity contribution in [2.75, 3.05) is 6.54 Å². The molecule has 3 nitrogen and oxygen atoms in total. The molecule has 1 amide bonds. The van der Waals surface area contributed by atoms with Gasteiger partial charge in [-0.2, -0.15) is 0 Å². The first-order chi connectivity index (χ1) is 8.09. The third-order valence-electron chi connectivity index (χ3n) is 2.70. The summed E-state index contributed by atoms with van der Waals surface area (Å²) in [7, 11) is 0. The summed E-state index contributed by atoms with van der Waals surface area (Å²) in [5.74, 6) is 0.212. The van der Waals surface area contributed by atoms with Gasteiger partial charge in [-0.1, -0.05) is 44.2 Å². The van der Waals surface area contributed by atoms with Crippen LogP contribution in [0, 0.1) is 5.92 Å². The van der Waals surface area contributed by atoms with Crippen LogP contribution in [-0.2, 0) is 11.2 Å². The fourth-order valence-corrected chi connectivity index (χ4v) is 1.81. The molecule has 0 fully saturated rings. The van der Waals surface area contributed by atoms with E-state index in [1.807, 2.05) is 18.2 Å². The van der Waals surface area contributed by atoms with Gasteiger partial charge >= 0.3 is 0 Å². The molecule has 0 aromatic heterocycles. The monoisotopic (exact) mass is 234 g/mol. The Bertz CT molecular complexity index is 335. The van der Waals surface area contributed by atoms with E-state index in [9.17, 15) is 4.79 Å². The van der Waals surface area contributed by atoms with Gasteiger partial charge in [-0.3, -0.25) is 4.79 Å². The van der Waals surface area contributed by atoms with E-state index in [0.717, 1.165) is 19.4 Å². The molecule has 3 N–H and O–H groups in total. The molecule has 0 aliphatic heterocycles. The summed E-state index contributed by atoms with van der Waals surface area (Å²) in [5, 5.41) is 3.22. The zero-order chi connectivity index (χ0) is 12.7. The highest BCUT2D eigenvalue weighted by atomic mass is 16.1. The highest BCUT2D eigenvalue weighted by molar-refractivity contribution is 5.79. The molecule has 1 aromatic carbocycles. The molecule has 0 bridgehead atoms. The van der Waals surface area contributed by atoms with E-state index < -0.39 is 0 Å². The molecule has 0 aliphatic carbocycles. The minimum Gasteiger partial charge on any atom is -0.368 e.